The summed E-state index contributed by atoms with van der Waals surface area (Å²) in [6.07, 6.45) is 1.09. The number of fused-ring (bicyclic) bond motifs is 1. The van der Waals surface area contributed by atoms with Gasteiger partial charge in [0.2, 0.25) is 0 Å². The number of carbonyl (C=O) groups is 2. The third kappa shape index (κ3) is 2.53. The molecule has 1 N–H and O–H groups in total. The highest BCUT2D eigenvalue weighted by atomic mass is 16.6. The zero-order valence-electron chi connectivity index (χ0n) is 10.2. The highest BCUT2D eigenvalue weighted by Gasteiger charge is 2.26. The second kappa shape index (κ2) is 4.89. The van der Waals surface area contributed by atoms with Gasteiger partial charge in [0.1, 0.15) is 11.5 Å². The molecule has 0 radical (unpaired) electrons. The minimum Gasteiger partial charge on any atom is -0.481 e. The summed E-state index contributed by atoms with van der Waals surface area (Å²) in [6.45, 7) is 0.565. The average Bonchev–Trinajstić information content (AvgIpc) is 2.93. The summed E-state index contributed by atoms with van der Waals surface area (Å²) in [6, 6.07) is 4.84. The van der Waals surface area contributed by atoms with Crippen LogP contribution < -0.4 is 14.8 Å². The SMILES string of the molecule is O=C1COc2cc(OC(=O)C3CCCO3)ccc2N1. The third-order valence-electron chi connectivity index (χ3n) is 3.00. The quantitative estimate of drug-likeness (QED) is 0.639. The fourth-order valence-electron chi connectivity index (χ4n) is 2.06. The van der Waals surface area contributed by atoms with Gasteiger partial charge in [0.25, 0.3) is 5.91 Å². The van der Waals surface area contributed by atoms with Gasteiger partial charge in [-0.15, -0.1) is 0 Å². The Morgan fingerprint density at radius 3 is 3.11 bits per heavy atom. The Morgan fingerprint density at radius 1 is 1.42 bits per heavy atom. The lowest BCUT2D eigenvalue weighted by Crippen LogP contribution is -2.26. The van der Waals surface area contributed by atoms with E-state index in [4.69, 9.17) is 14.2 Å². The smallest absolute Gasteiger partial charge is 0.340 e. The van der Waals surface area contributed by atoms with Crippen LogP contribution >= 0.6 is 0 Å². The first-order valence-electron chi connectivity index (χ1n) is 6.12. The van der Waals surface area contributed by atoms with E-state index in [2.05, 4.69) is 5.32 Å². The van der Waals surface area contributed by atoms with Gasteiger partial charge < -0.3 is 19.5 Å². The standard InChI is InChI=1S/C13H13NO5/c15-12-7-18-11-6-8(3-4-9(11)14-12)19-13(16)10-2-1-5-17-10/h3-4,6,10H,1-2,5,7H2,(H,14,15). The highest BCUT2D eigenvalue weighted by Crippen LogP contribution is 2.32. The van der Waals surface area contributed by atoms with Crippen LogP contribution in [0.3, 0.4) is 0 Å². The molecule has 6 heteroatoms. The van der Waals surface area contributed by atoms with Crippen molar-refractivity contribution in [2.24, 2.45) is 0 Å². The summed E-state index contributed by atoms with van der Waals surface area (Å²) < 4.78 is 15.7. The van der Waals surface area contributed by atoms with Gasteiger partial charge in [0.15, 0.2) is 12.7 Å². The molecule has 1 aromatic rings. The molecular formula is C13H13NO5. The van der Waals surface area contributed by atoms with Crippen LogP contribution in [-0.4, -0.2) is 31.2 Å². The molecule has 1 unspecified atom stereocenters. The van der Waals surface area contributed by atoms with E-state index in [0.717, 1.165) is 6.42 Å². The van der Waals surface area contributed by atoms with Crippen LogP contribution in [0.15, 0.2) is 18.2 Å². The van der Waals surface area contributed by atoms with E-state index in [1.165, 1.54) is 0 Å². The predicted octanol–water partition coefficient (Wildman–Crippen LogP) is 1.10. The van der Waals surface area contributed by atoms with Crippen molar-refractivity contribution in [1.29, 1.82) is 0 Å². The minimum absolute atomic E-state index is 0.0316. The molecule has 1 saturated heterocycles. The van der Waals surface area contributed by atoms with Gasteiger partial charge in [0.05, 0.1) is 5.69 Å². The van der Waals surface area contributed by atoms with Gasteiger partial charge >= 0.3 is 5.97 Å². The Hall–Kier alpha value is -2.08. The Balaban J connectivity index is 1.71. The number of ether oxygens (including phenoxy) is 3. The van der Waals surface area contributed by atoms with Crippen LogP contribution in [0, 0.1) is 0 Å². The summed E-state index contributed by atoms with van der Waals surface area (Å²) in [5, 5.41) is 2.67. The van der Waals surface area contributed by atoms with E-state index in [0.29, 0.717) is 30.2 Å². The van der Waals surface area contributed by atoms with Crippen molar-refractivity contribution in [3.63, 3.8) is 0 Å². The maximum absolute atomic E-state index is 11.8. The molecule has 3 rings (SSSR count). The highest BCUT2D eigenvalue weighted by molar-refractivity contribution is 5.95. The van der Waals surface area contributed by atoms with Crippen LogP contribution in [0.25, 0.3) is 0 Å². The maximum Gasteiger partial charge on any atom is 0.340 e. The molecule has 0 spiro atoms. The summed E-state index contributed by atoms with van der Waals surface area (Å²) in [7, 11) is 0. The van der Waals surface area contributed by atoms with Crippen molar-refractivity contribution < 1.29 is 23.8 Å². The zero-order chi connectivity index (χ0) is 13.2. The first kappa shape index (κ1) is 12.0. The number of esters is 1. The Labute approximate surface area is 109 Å². The molecule has 0 aromatic heterocycles. The first-order valence-corrected chi connectivity index (χ1v) is 6.12. The lowest BCUT2D eigenvalue weighted by atomic mass is 10.2. The van der Waals surface area contributed by atoms with Crippen LogP contribution in [0.2, 0.25) is 0 Å². The average molecular weight is 263 g/mol. The predicted molar refractivity (Wildman–Crippen MR) is 65.2 cm³/mol. The van der Waals surface area contributed by atoms with E-state index < -0.39 is 12.1 Å². The van der Waals surface area contributed by atoms with Crippen molar-refractivity contribution in [3.8, 4) is 11.5 Å². The van der Waals surface area contributed by atoms with Crippen LogP contribution in [0.4, 0.5) is 5.69 Å². The molecule has 1 atom stereocenters. The Kier molecular flexibility index (Phi) is 3.08. The number of anilines is 1. The number of carbonyl (C=O) groups excluding carboxylic acids is 2. The molecule has 1 amide bonds. The molecule has 100 valence electrons. The fourth-order valence-corrected chi connectivity index (χ4v) is 2.06. The summed E-state index contributed by atoms with van der Waals surface area (Å²) >= 11 is 0. The van der Waals surface area contributed by atoms with Gasteiger partial charge in [0, 0.05) is 12.7 Å². The molecule has 1 aromatic carbocycles. The summed E-state index contributed by atoms with van der Waals surface area (Å²) in [5.74, 6) is 0.293. The van der Waals surface area contributed by atoms with E-state index in [9.17, 15) is 9.59 Å². The van der Waals surface area contributed by atoms with Crippen molar-refractivity contribution >= 4 is 17.6 Å². The molecule has 1 fully saturated rings. The van der Waals surface area contributed by atoms with E-state index in [1.807, 2.05) is 0 Å². The normalized spacial score (nSPS) is 21.3. The zero-order valence-corrected chi connectivity index (χ0v) is 10.2. The molecule has 2 heterocycles. The third-order valence-corrected chi connectivity index (χ3v) is 3.00. The molecule has 6 nitrogen and oxygen atoms in total. The number of hydrogen-bond donors (Lipinski definition) is 1. The lowest BCUT2D eigenvalue weighted by molar-refractivity contribution is -0.144. The van der Waals surface area contributed by atoms with Gasteiger partial charge in [-0.05, 0) is 25.0 Å². The van der Waals surface area contributed by atoms with Crippen LogP contribution in [-0.2, 0) is 14.3 Å². The topological polar surface area (TPSA) is 73.9 Å². The molecule has 2 aliphatic rings. The largest absolute Gasteiger partial charge is 0.481 e. The van der Waals surface area contributed by atoms with E-state index in [1.54, 1.807) is 18.2 Å². The Bertz CT molecular complexity index is 522. The van der Waals surface area contributed by atoms with Crippen molar-refractivity contribution in [2.75, 3.05) is 18.5 Å². The molecule has 19 heavy (non-hydrogen) atoms. The second-order valence-electron chi connectivity index (χ2n) is 4.42. The van der Waals surface area contributed by atoms with Crippen molar-refractivity contribution in [1.82, 2.24) is 0 Å². The second-order valence-corrected chi connectivity index (χ2v) is 4.42. The van der Waals surface area contributed by atoms with Crippen molar-refractivity contribution in [3.05, 3.63) is 18.2 Å². The maximum atomic E-state index is 11.8. The Morgan fingerprint density at radius 2 is 2.32 bits per heavy atom. The number of hydrogen-bond acceptors (Lipinski definition) is 5. The summed E-state index contributed by atoms with van der Waals surface area (Å²) in [5.41, 5.74) is 0.577. The van der Waals surface area contributed by atoms with E-state index >= 15 is 0 Å². The number of benzene rings is 1. The number of rotatable bonds is 2. The number of amides is 1. The first-order chi connectivity index (χ1) is 9.22. The minimum atomic E-state index is -0.475. The molecule has 0 bridgehead atoms. The van der Waals surface area contributed by atoms with Gasteiger partial charge in [-0.3, -0.25) is 4.79 Å². The molecule has 0 saturated carbocycles. The fraction of sp³-hybridized carbons (Fsp3) is 0.385. The van der Waals surface area contributed by atoms with Crippen LogP contribution in [0.1, 0.15) is 12.8 Å². The monoisotopic (exact) mass is 263 g/mol. The molecule has 2 aliphatic heterocycles. The van der Waals surface area contributed by atoms with Gasteiger partial charge in [-0.1, -0.05) is 0 Å². The van der Waals surface area contributed by atoms with E-state index in [-0.39, 0.29) is 12.5 Å². The molecular weight excluding hydrogens is 250 g/mol. The molecule has 0 aliphatic carbocycles. The van der Waals surface area contributed by atoms with Crippen LogP contribution in [0.5, 0.6) is 11.5 Å². The number of nitrogens with one attached hydrogen (secondary N) is 1. The van der Waals surface area contributed by atoms with Gasteiger partial charge in [-0.25, -0.2) is 4.79 Å². The summed E-state index contributed by atoms with van der Waals surface area (Å²) in [4.78, 5) is 22.9. The van der Waals surface area contributed by atoms with Gasteiger partial charge in [-0.2, -0.15) is 0 Å². The van der Waals surface area contributed by atoms with Crippen molar-refractivity contribution in [2.45, 2.75) is 18.9 Å². The lowest BCUT2D eigenvalue weighted by Gasteiger charge is -2.18.